The molecular weight excluding hydrogens is 175 g/mol. The van der Waals surface area contributed by atoms with Crippen molar-refractivity contribution in [2.75, 3.05) is 0 Å². The van der Waals surface area contributed by atoms with Crippen LogP contribution in [0.1, 0.15) is 24.3 Å². The van der Waals surface area contributed by atoms with E-state index in [0.29, 0.717) is 18.8 Å². The van der Waals surface area contributed by atoms with Gasteiger partial charge in [-0.1, -0.05) is 23.7 Å². The van der Waals surface area contributed by atoms with Gasteiger partial charge in [0, 0.05) is 5.02 Å². The van der Waals surface area contributed by atoms with Crippen molar-refractivity contribution in [3.05, 3.63) is 34.9 Å². The quantitative estimate of drug-likeness (QED) is 0.626. The van der Waals surface area contributed by atoms with Gasteiger partial charge in [0.1, 0.15) is 6.17 Å². The van der Waals surface area contributed by atoms with Gasteiger partial charge in [-0.25, -0.2) is 4.39 Å². The van der Waals surface area contributed by atoms with Gasteiger partial charge < -0.3 is 0 Å². The summed E-state index contributed by atoms with van der Waals surface area (Å²) in [6.45, 7) is 0. The molecular formula is C10H10ClF. The fourth-order valence-electron chi connectivity index (χ4n) is 1.56. The van der Waals surface area contributed by atoms with Crippen molar-refractivity contribution in [1.82, 2.24) is 0 Å². The number of benzene rings is 1. The Morgan fingerprint density at radius 1 is 1.17 bits per heavy atom. The van der Waals surface area contributed by atoms with Crippen LogP contribution in [0.4, 0.5) is 4.39 Å². The predicted molar refractivity (Wildman–Crippen MR) is 48.3 cm³/mol. The molecule has 2 rings (SSSR count). The van der Waals surface area contributed by atoms with Gasteiger partial charge in [-0.2, -0.15) is 0 Å². The second-order valence-electron chi connectivity index (χ2n) is 3.32. The summed E-state index contributed by atoms with van der Waals surface area (Å²) >= 11 is 5.73. The lowest BCUT2D eigenvalue weighted by atomic mass is 9.78. The van der Waals surface area contributed by atoms with Gasteiger partial charge >= 0.3 is 0 Å². The van der Waals surface area contributed by atoms with Crippen LogP contribution in [0.3, 0.4) is 0 Å². The van der Waals surface area contributed by atoms with E-state index in [1.165, 1.54) is 5.56 Å². The van der Waals surface area contributed by atoms with Crippen molar-refractivity contribution >= 4 is 11.6 Å². The molecule has 2 heteroatoms. The second kappa shape index (κ2) is 3.06. The first-order valence-corrected chi connectivity index (χ1v) is 4.53. The summed E-state index contributed by atoms with van der Waals surface area (Å²) in [7, 11) is 0. The van der Waals surface area contributed by atoms with Crippen LogP contribution in [-0.2, 0) is 0 Å². The standard InChI is InChI=1S/C10H10ClF/c11-9-3-1-7(2-4-9)8-5-10(12)6-8/h1-4,8,10H,5-6H2. The zero-order valence-corrected chi connectivity index (χ0v) is 7.39. The van der Waals surface area contributed by atoms with E-state index in [4.69, 9.17) is 11.6 Å². The van der Waals surface area contributed by atoms with Crippen LogP contribution in [0.25, 0.3) is 0 Å². The van der Waals surface area contributed by atoms with E-state index >= 15 is 0 Å². The van der Waals surface area contributed by atoms with Crippen molar-refractivity contribution in [1.29, 1.82) is 0 Å². The molecule has 64 valence electrons. The fraction of sp³-hybridized carbons (Fsp3) is 0.400. The Balaban J connectivity index is 2.09. The van der Waals surface area contributed by atoms with E-state index in [1.54, 1.807) is 0 Å². The van der Waals surface area contributed by atoms with Gasteiger partial charge in [0.15, 0.2) is 0 Å². The number of hydrogen-bond acceptors (Lipinski definition) is 0. The third-order valence-electron chi connectivity index (χ3n) is 2.42. The molecule has 1 aromatic carbocycles. The molecule has 0 spiro atoms. The number of hydrogen-bond donors (Lipinski definition) is 0. The molecule has 0 unspecified atom stereocenters. The minimum absolute atomic E-state index is 0.428. The van der Waals surface area contributed by atoms with Crippen LogP contribution in [0, 0.1) is 0 Å². The lowest BCUT2D eigenvalue weighted by Crippen LogP contribution is -2.22. The SMILES string of the molecule is FC1CC(c2ccc(Cl)cc2)C1. The summed E-state index contributed by atoms with van der Waals surface area (Å²) in [6.07, 6.45) is 0.786. The van der Waals surface area contributed by atoms with Crippen LogP contribution < -0.4 is 0 Å². The minimum Gasteiger partial charge on any atom is -0.247 e. The van der Waals surface area contributed by atoms with Crippen LogP contribution in [0.15, 0.2) is 24.3 Å². The number of rotatable bonds is 1. The third-order valence-corrected chi connectivity index (χ3v) is 2.67. The van der Waals surface area contributed by atoms with E-state index in [2.05, 4.69) is 0 Å². The summed E-state index contributed by atoms with van der Waals surface area (Å²) in [5.41, 5.74) is 1.22. The Bertz CT molecular complexity index is 262. The molecule has 1 saturated carbocycles. The van der Waals surface area contributed by atoms with Crippen LogP contribution in [0.2, 0.25) is 5.02 Å². The van der Waals surface area contributed by atoms with Crippen molar-refractivity contribution in [3.63, 3.8) is 0 Å². The average molecular weight is 185 g/mol. The molecule has 0 heterocycles. The molecule has 0 saturated heterocycles. The second-order valence-corrected chi connectivity index (χ2v) is 3.75. The van der Waals surface area contributed by atoms with Gasteiger partial charge in [-0.15, -0.1) is 0 Å². The molecule has 0 aliphatic heterocycles. The first-order chi connectivity index (χ1) is 5.75. The Morgan fingerprint density at radius 3 is 2.25 bits per heavy atom. The normalized spacial score (nSPS) is 28.2. The third kappa shape index (κ3) is 1.46. The molecule has 12 heavy (non-hydrogen) atoms. The van der Waals surface area contributed by atoms with Crippen molar-refractivity contribution < 1.29 is 4.39 Å². The topological polar surface area (TPSA) is 0 Å². The van der Waals surface area contributed by atoms with Crippen molar-refractivity contribution in [2.24, 2.45) is 0 Å². The average Bonchev–Trinajstić information content (AvgIpc) is 2.01. The zero-order valence-electron chi connectivity index (χ0n) is 6.63. The summed E-state index contributed by atoms with van der Waals surface area (Å²) in [6, 6.07) is 7.70. The monoisotopic (exact) mass is 184 g/mol. The Kier molecular flexibility index (Phi) is 2.05. The summed E-state index contributed by atoms with van der Waals surface area (Å²) in [4.78, 5) is 0. The van der Waals surface area contributed by atoms with Gasteiger partial charge in [0.05, 0.1) is 0 Å². The maximum Gasteiger partial charge on any atom is 0.101 e. The molecule has 0 nitrogen and oxygen atoms in total. The largest absolute Gasteiger partial charge is 0.247 e. The highest BCUT2D eigenvalue weighted by atomic mass is 35.5. The number of halogens is 2. The smallest absolute Gasteiger partial charge is 0.101 e. The molecule has 0 N–H and O–H groups in total. The van der Waals surface area contributed by atoms with E-state index in [0.717, 1.165) is 5.02 Å². The maximum absolute atomic E-state index is 12.5. The molecule has 1 fully saturated rings. The maximum atomic E-state index is 12.5. The van der Waals surface area contributed by atoms with E-state index < -0.39 is 6.17 Å². The van der Waals surface area contributed by atoms with Crippen molar-refractivity contribution in [3.8, 4) is 0 Å². The van der Waals surface area contributed by atoms with E-state index in [9.17, 15) is 4.39 Å². The molecule has 0 radical (unpaired) electrons. The Labute approximate surface area is 76.4 Å². The minimum atomic E-state index is -0.578. The highest BCUT2D eigenvalue weighted by Crippen LogP contribution is 2.38. The molecule has 1 aliphatic carbocycles. The van der Waals surface area contributed by atoms with Crippen molar-refractivity contribution in [2.45, 2.75) is 24.9 Å². The number of alkyl halides is 1. The molecule has 0 bridgehead atoms. The highest BCUT2D eigenvalue weighted by Gasteiger charge is 2.29. The first-order valence-electron chi connectivity index (χ1n) is 4.15. The summed E-state index contributed by atoms with van der Waals surface area (Å²) < 4.78 is 12.5. The molecule has 1 aliphatic rings. The molecule has 0 amide bonds. The van der Waals surface area contributed by atoms with E-state index in [-0.39, 0.29) is 0 Å². The lowest BCUT2D eigenvalue weighted by Gasteiger charge is -2.29. The van der Waals surface area contributed by atoms with Gasteiger partial charge in [-0.3, -0.25) is 0 Å². The van der Waals surface area contributed by atoms with Crippen LogP contribution >= 0.6 is 11.6 Å². The Hall–Kier alpha value is -0.560. The van der Waals surface area contributed by atoms with Crippen LogP contribution in [0.5, 0.6) is 0 Å². The highest BCUT2D eigenvalue weighted by molar-refractivity contribution is 6.30. The fourth-order valence-corrected chi connectivity index (χ4v) is 1.68. The lowest BCUT2D eigenvalue weighted by molar-refractivity contribution is 0.179. The molecule has 0 atom stereocenters. The molecule has 0 aromatic heterocycles. The van der Waals surface area contributed by atoms with Crippen LogP contribution in [-0.4, -0.2) is 6.17 Å². The van der Waals surface area contributed by atoms with E-state index in [1.807, 2.05) is 24.3 Å². The summed E-state index contributed by atoms with van der Waals surface area (Å²) in [5.74, 6) is 0.428. The predicted octanol–water partition coefficient (Wildman–Crippen LogP) is 3.56. The first kappa shape index (κ1) is 8.06. The van der Waals surface area contributed by atoms with Gasteiger partial charge in [0.2, 0.25) is 0 Å². The van der Waals surface area contributed by atoms with Gasteiger partial charge in [-0.05, 0) is 36.5 Å². The summed E-state index contributed by atoms with van der Waals surface area (Å²) in [5, 5.41) is 0.745. The Morgan fingerprint density at radius 2 is 1.75 bits per heavy atom. The molecule has 1 aromatic rings. The van der Waals surface area contributed by atoms with Gasteiger partial charge in [0.25, 0.3) is 0 Å². The zero-order chi connectivity index (χ0) is 8.55.